The fraction of sp³-hybridized carbons (Fsp3) is 0.130. The molecule has 0 aliphatic carbocycles. The lowest BCUT2D eigenvalue weighted by atomic mass is 10.0. The SMILES string of the molecule is CC(=O)c1ccc(C#CCNC(=O)Cc2cccc3ccccc23)cc1. The summed E-state index contributed by atoms with van der Waals surface area (Å²) in [7, 11) is 0. The fourth-order valence-electron chi connectivity index (χ4n) is 2.76. The van der Waals surface area contributed by atoms with Gasteiger partial charge in [-0.25, -0.2) is 0 Å². The maximum atomic E-state index is 12.2. The first-order valence-electron chi connectivity index (χ1n) is 8.47. The minimum Gasteiger partial charge on any atom is -0.345 e. The van der Waals surface area contributed by atoms with E-state index in [4.69, 9.17) is 0 Å². The van der Waals surface area contributed by atoms with Gasteiger partial charge >= 0.3 is 0 Å². The Morgan fingerprint density at radius 3 is 2.42 bits per heavy atom. The van der Waals surface area contributed by atoms with Gasteiger partial charge in [0.1, 0.15) is 0 Å². The van der Waals surface area contributed by atoms with Crippen molar-refractivity contribution < 1.29 is 9.59 Å². The number of hydrogen-bond acceptors (Lipinski definition) is 2. The molecule has 3 rings (SSSR count). The number of benzene rings is 3. The average molecular weight is 341 g/mol. The van der Waals surface area contributed by atoms with Crippen molar-refractivity contribution in [3.63, 3.8) is 0 Å². The van der Waals surface area contributed by atoms with Crippen LogP contribution in [0.4, 0.5) is 0 Å². The van der Waals surface area contributed by atoms with Crippen molar-refractivity contribution in [3.05, 3.63) is 83.4 Å². The minimum atomic E-state index is -0.0532. The molecule has 0 bridgehead atoms. The summed E-state index contributed by atoms with van der Waals surface area (Å²) in [6, 6.07) is 21.2. The Labute approximate surface area is 153 Å². The first-order valence-corrected chi connectivity index (χ1v) is 8.47. The number of carbonyl (C=O) groups is 2. The maximum absolute atomic E-state index is 12.2. The molecule has 0 aliphatic heterocycles. The Balaban J connectivity index is 1.57. The second kappa shape index (κ2) is 8.13. The third-order valence-corrected chi connectivity index (χ3v) is 4.13. The van der Waals surface area contributed by atoms with Gasteiger partial charge in [-0.15, -0.1) is 0 Å². The number of carbonyl (C=O) groups excluding carboxylic acids is 2. The van der Waals surface area contributed by atoms with E-state index in [-0.39, 0.29) is 18.2 Å². The van der Waals surface area contributed by atoms with Gasteiger partial charge in [0.15, 0.2) is 5.78 Å². The summed E-state index contributed by atoms with van der Waals surface area (Å²) in [5.74, 6) is 5.90. The van der Waals surface area contributed by atoms with Gasteiger partial charge in [-0.05, 0) is 35.4 Å². The smallest absolute Gasteiger partial charge is 0.225 e. The number of ketones is 1. The van der Waals surface area contributed by atoms with Crippen molar-refractivity contribution in [1.29, 1.82) is 0 Å². The van der Waals surface area contributed by atoms with Gasteiger partial charge in [-0.1, -0.05) is 66.4 Å². The highest BCUT2D eigenvalue weighted by Gasteiger charge is 2.05. The van der Waals surface area contributed by atoms with Crippen molar-refractivity contribution in [2.45, 2.75) is 13.3 Å². The molecule has 3 aromatic rings. The lowest BCUT2D eigenvalue weighted by Crippen LogP contribution is -2.25. The molecule has 1 N–H and O–H groups in total. The topological polar surface area (TPSA) is 46.2 Å². The van der Waals surface area contributed by atoms with Crippen molar-refractivity contribution in [2.75, 3.05) is 6.54 Å². The lowest BCUT2D eigenvalue weighted by molar-refractivity contribution is -0.120. The van der Waals surface area contributed by atoms with Crippen molar-refractivity contribution in [1.82, 2.24) is 5.32 Å². The molecule has 0 radical (unpaired) electrons. The summed E-state index contributed by atoms with van der Waals surface area (Å²) < 4.78 is 0. The van der Waals surface area contributed by atoms with Crippen LogP contribution < -0.4 is 5.32 Å². The van der Waals surface area contributed by atoms with E-state index in [9.17, 15) is 9.59 Å². The van der Waals surface area contributed by atoms with Gasteiger partial charge in [0.25, 0.3) is 0 Å². The van der Waals surface area contributed by atoms with Crippen LogP contribution in [0.5, 0.6) is 0 Å². The van der Waals surface area contributed by atoms with E-state index >= 15 is 0 Å². The molecule has 0 aliphatic rings. The largest absolute Gasteiger partial charge is 0.345 e. The predicted octanol–water partition coefficient (Wildman–Crippen LogP) is 3.75. The normalized spacial score (nSPS) is 10.0. The van der Waals surface area contributed by atoms with Crippen LogP contribution in [0.2, 0.25) is 0 Å². The lowest BCUT2D eigenvalue weighted by Gasteiger charge is -2.06. The maximum Gasteiger partial charge on any atom is 0.225 e. The van der Waals surface area contributed by atoms with Crippen molar-refractivity contribution in [3.8, 4) is 11.8 Å². The first kappa shape index (κ1) is 17.4. The van der Waals surface area contributed by atoms with Gasteiger partial charge < -0.3 is 5.32 Å². The highest BCUT2D eigenvalue weighted by Crippen LogP contribution is 2.18. The van der Waals surface area contributed by atoms with E-state index in [1.807, 2.05) is 54.6 Å². The molecule has 3 nitrogen and oxygen atoms in total. The Morgan fingerprint density at radius 1 is 0.923 bits per heavy atom. The highest BCUT2D eigenvalue weighted by molar-refractivity contribution is 5.94. The Hall–Kier alpha value is -3.38. The molecule has 128 valence electrons. The summed E-state index contributed by atoms with van der Waals surface area (Å²) in [6.07, 6.45) is 0.330. The van der Waals surface area contributed by atoms with Crippen LogP contribution in [0.3, 0.4) is 0 Å². The minimum absolute atomic E-state index is 0.0326. The summed E-state index contributed by atoms with van der Waals surface area (Å²) in [5.41, 5.74) is 2.49. The second-order valence-electron chi connectivity index (χ2n) is 6.03. The number of amides is 1. The van der Waals surface area contributed by atoms with Crippen LogP contribution in [0.25, 0.3) is 10.8 Å². The van der Waals surface area contributed by atoms with Crippen LogP contribution in [0, 0.1) is 11.8 Å². The molecule has 0 atom stereocenters. The molecule has 3 heteroatoms. The molecule has 0 heterocycles. The van der Waals surface area contributed by atoms with Gasteiger partial charge in [0.05, 0.1) is 13.0 Å². The van der Waals surface area contributed by atoms with Crippen LogP contribution >= 0.6 is 0 Å². The second-order valence-corrected chi connectivity index (χ2v) is 6.03. The van der Waals surface area contributed by atoms with Gasteiger partial charge in [-0.2, -0.15) is 0 Å². The zero-order chi connectivity index (χ0) is 18.4. The quantitative estimate of drug-likeness (QED) is 0.580. The Kier molecular flexibility index (Phi) is 5.46. The first-order chi connectivity index (χ1) is 12.6. The molecule has 0 unspecified atom stereocenters. The zero-order valence-corrected chi connectivity index (χ0v) is 14.6. The van der Waals surface area contributed by atoms with E-state index in [1.54, 1.807) is 12.1 Å². The van der Waals surface area contributed by atoms with Crippen LogP contribution in [0.15, 0.2) is 66.7 Å². The van der Waals surface area contributed by atoms with Crippen LogP contribution in [0.1, 0.15) is 28.4 Å². The van der Waals surface area contributed by atoms with Crippen molar-refractivity contribution in [2.24, 2.45) is 0 Å². The molecule has 26 heavy (non-hydrogen) atoms. The summed E-state index contributed by atoms with van der Waals surface area (Å²) in [4.78, 5) is 23.4. The Morgan fingerprint density at radius 2 is 1.65 bits per heavy atom. The number of Topliss-reactive ketones (excluding diaryl/α,β-unsaturated/α-hetero) is 1. The van der Waals surface area contributed by atoms with Crippen LogP contribution in [-0.2, 0) is 11.2 Å². The van der Waals surface area contributed by atoms with E-state index < -0.39 is 0 Å². The molecule has 0 aromatic heterocycles. The molecule has 1 amide bonds. The molecule has 0 fully saturated rings. The third-order valence-electron chi connectivity index (χ3n) is 4.13. The van der Waals surface area contributed by atoms with E-state index in [1.165, 1.54) is 6.92 Å². The van der Waals surface area contributed by atoms with Gasteiger partial charge in [-0.3, -0.25) is 9.59 Å². The number of hydrogen-bond donors (Lipinski definition) is 1. The monoisotopic (exact) mass is 341 g/mol. The van der Waals surface area contributed by atoms with E-state index in [0.29, 0.717) is 12.0 Å². The highest BCUT2D eigenvalue weighted by atomic mass is 16.1. The summed E-state index contributed by atoms with van der Waals surface area (Å²) >= 11 is 0. The molecule has 0 saturated heterocycles. The molecule has 0 spiro atoms. The molecule has 0 saturated carbocycles. The standard InChI is InChI=1S/C23H19NO2/c1-17(25)19-13-11-18(12-14-19)6-5-15-24-23(26)16-21-9-4-8-20-7-2-3-10-22(20)21/h2-4,7-14H,15-16H2,1H3,(H,24,26). The fourth-order valence-corrected chi connectivity index (χ4v) is 2.76. The molecular formula is C23H19NO2. The van der Waals surface area contributed by atoms with E-state index in [0.717, 1.165) is 21.9 Å². The van der Waals surface area contributed by atoms with E-state index in [2.05, 4.69) is 17.2 Å². The third kappa shape index (κ3) is 4.37. The number of rotatable bonds is 4. The summed E-state index contributed by atoms with van der Waals surface area (Å²) in [5, 5.41) is 5.06. The molecule has 3 aromatic carbocycles. The Bertz CT molecular complexity index is 1000. The van der Waals surface area contributed by atoms with Gasteiger partial charge in [0.2, 0.25) is 5.91 Å². The van der Waals surface area contributed by atoms with Crippen molar-refractivity contribution >= 4 is 22.5 Å². The predicted molar refractivity (Wildman–Crippen MR) is 104 cm³/mol. The summed E-state index contributed by atoms with van der Waals surface area (Å²) in [6.45, 7) is 1.82. The average Bonchev–Trinajstić information content (AvgIpc) is 2.66. The molecular weight excluding hydrogens is 322 g/mol. The number of fused-ring (bicyclic) bond motifs is 1. The van der Waals surface area contributed by atoms with Crippen LogP contribution in [-0.4, -0.2) is 18.2 Å². The number of nitrogens with one attached hydrogen (secondary N) is 1. The van der Waals surface area contributed by atoms with Gasteiger partial charge in [0, 0.05) is 11.1 Å². The zero-order valence-electron chi connectivity index (χ0n) is 14.6.